The standard InChI is InChI=1S/C17H26N2O/c1-18-13-16(12-14-8-4-2-5-9-14)19-17(20)15-10-6-3-7-11-15/h3,6-7,10-11,14,16,18H,2,4-5,8-9,12-13H2,1H3,(H,19,20)/t16-/m0/s1. The van der Waals surface area contributed by atoms with E-state index in [1.807, 2.05) is 37.4 Å². The lowest BCUT2D eigenvalue weighted by Gasteiger charge is -2.27. The van der Waals surface area contributed by atoms with Crippen molar-refractivity contribution >= 4 is 5.91 Å². The Morgan fingerprint density at radius 2 is 1.90 bits per heavy atom. The van der Waals surface area contributed by atoms with Crippen LogP contribution in [0.25, 0.3) is 0 Å². The van der Waals surface area contributed by atoms with Crippen molar-refractivity contribution < 1.29 is 4.79 Å². The molecule has 0 unspecified atom stereocenters. The molecule has 0 heterocycles. The predicted octanol–water partition coefficient (Wildman–Crippen LogP) is 2.97. The van der Waals surface area contributed by atoms with E-state index in [2.05, 4.69) is 10.6 Å². The van der Waals surface area contributed by atoms with Gasteiger partial charge in [-0.1, -0.05) is 50.3 Å². The molecule has 0 aliphatic heterocycles. The number of amides is 1. The Morgan fingerprint density at radius 3 is 2.55 bits per heavy atom. The highest BCUT2D eigenvalue weighted by Gasteiger charge is 2.20. The van der Waals surface area contributed by atoms with Gasteiger partial charge in [0.25, 0.3) is 5.91 Å². The lowest BCUT2D eigenvalue weighted by molar-refractivity contribution is 0.0928. The van der Waals surface area contributed by atoms with Crippen LogP contribution in [0.15, 0.2) is 30.3 Å². The number of rotatable bonds is 6. The number of likely N-dealkylation sites (N-methyl/N-ethyl adjacent to an activating group) is 1. The summed E-state index contributed by atoms with van der Waals surface area (Å²) in [5.74, 6) is 0.819. The summed E-state index contributed by atoms with van der Waals surface area (Å²) in [4.78, 5) is 12.2. The molecule has 2 N–H and O–H groups in total. The van der Waals surface area contributed by atoms with Crippen LogP contribution in [0, 0.1) is 5.92 Å². The van der Waals surface area contributed by atoms with Crippen LogP contribution < -0.4 is 10.6 Å². The third-order valence-corrected chi connectivity index (χ3v) is 4.16. The lowest BCUT2D eigenvalue weighted by Crippen LogP contribution is -2.42. The van der Waals surface area contributed by atoms with Crippen LogP contribution in [0.2, 0.25) is 0 Å². The predicted molar refractivity (Wildman–Crippen MR) is 82.8 cm³/mol. The zero-order chi connectivity index (χ0) is 14.2. The molecular formula is C17H26N2O. The minimum absolute atomic E-state index is 0.0432. The smallest absolute Gasteiger partial charge is 0.251 e. The number of carbonyl (C=O) groups excluding carboxylic acids is 1. The highest BCUT2D eigenvalue weighted by atomic mass is 16.1. The lowest BCUT2D eigenvalue weighted by atomic mass is 9.84. The van der Waals surface area contributed by atoms with Crippen LogP contribution in [-0.2, 0) is 0 Å². The molecule has 1 aromatic rings. The molecule has 0 saturated heterocycles. The summed E-state index contributed by atoms with van der Waals surface area (Å²) < 4.78 is 0. The number of hydrogen-bond acceptors (Lipinski definition) is 2. The Balaban J connectivity index is 1.89. The fraction of sp³-hybridized carbons (Fsp3) is 0.588. The first-order chi connectivity index (χ1) is 9.79. The maximum Gasteiger partial charge on any atom is 0.251 e. The molecule has 1 amide bonds. The van der Waals surface area contributed by atoms with Gasteiger partial charge < -0.3 is 10.6 Å². The summed E-state index contributed by atoms with van der Waals surface area (Å²) in [5, 5.41) is 6.38. The largest absolute Gasteiger partial charge is 0.348 e. The SMILES string of the molecule is CNC[C@H](CC1CCCCC1)NC(=O)c1ccccc1. The van der Waals surface area contributed by atoms with Gasteiger partial charge >= 0.3 is 0 Å². The Morgan fingerprint density at radius 1 is 1.20 bits per heavy atom. The summed E-state index contributed by atoms with van der Waals surface area (Å²) >= 11 is 0. The minimum atomic E-state index is 0.0432. The van der Waals surface area contributed by atoms with E-state index in [9.17, 15) is 4.79 Å². The zero-order valence-corrected chi connectivity index (χ0v) is 12.4. The van der Waals surface area contributed by atoms with Gasteiger partial charge in [0.15, 0.2) is 0 Å². The highest BCUT2D eigenvalue weighted by molar-refractivity contribution is 5.94. The first-order valence-electron chi connectivity index (χ1n) is 7.80. The van der Waals surface area contributed by atoms with Crippen molar-refractivity contribution in [2.45, 2.75) is 44.6 Å². The maximum atomic E-state index is 12.2. The molecule has 20 heavy (non-hydrogen) atoms. The van der Waals surface area contributed by atoms with E-state index in [4.69, 9.17) is 0 Å². The molecule has 2 rings (SSSR count). The fourth-order valence-corrected chi connectivity index (χ4v) is 3.12. The second-order valence-corrected chi connectivity index (χ2v) is 5.83. The van der Waals surface area contributed by atoms with Gasteiger partial charge in [-0.2, -0.15) is 0 Å². The minimum Gasteiger partial charge on any atom is -0.348 e. The Kier molecular flexibility index (Phi) is 6.06. The molecular weight excluding hydrogens is 248 g/mol. The summed E-state index contributed by atoms with van der Waals surface area (Å²) in [6, 6.07) is 9.71. The topological polar surface area (TPSA) is 41.1 Å². The van der Waals surface area contributed by atoms with Crippen molar-refractivity contribution in [3.8, 4) is 0 Å². The van der Waals surface area contributed by atoms with Crippen LogP contribution in [0.5, 0.6) is 0 Å². The Labute approximate surface area is 122 Å². The average molecular weight is 274 g/mol. The van der Waals surface area contributed by atoms with Gasteiger partial charge in [-0.05, 0) is 31.5 Å². The molecule has 1 atom stereocenters. The van der Waals surface area contributed by atoms with E-state index in [0.29, 0.717) is 0 Å². The first kappa shape index (κ1) is 15.0. The maximum absolute atomic E-state index is 12.2. The average Bonchev–Trinajstić information content (AvgIpc) is 2.49. The third kappa shape index (κ3) is 4.64. The second-order valence-electron chi connectivity index (χ2n) is 5.83. The van der Waals surface area contributed by atoms with Crippen LogP contribution in [0.3, 0.4) is 0 Å². The van der Waals surface area contributed by atoms with Crippen molar-refractivity contribution in [2.24, 2.45) is 5.92 Å². The van der Waals surface area contributed by atoms with Gasteiger partial charge in [0, 0.05) is 18.2 Å². The van der Waals surface area contributed by atoms with Gasteiger partial charge in [-0.15, -0.1) is 0 Å². The van der Waals surface area contributed by atoms with E-state index < -0.39 is 0 Å². The molecule has 0 aromatic heterocycles. The Bertz CT molecular complexity index is 399. The molecule has 1 fully saturated rings. The van der Waals surface area contributed by atoms with Crippen LogP contribution in [-0.4, -0.2) is 25.5 Å². The molecule has 1 aromatic carbocycles. The fourth-order valence-electron chi connectivity index (χ4n) is 3.12. The van der Waals surface area contributed by atoms with Crippen molar-refractivity contribution in [3.05, 3.63) is 35.9 Å². The summed E-state index contributed by atoms with van der Waals surface area (Å²) in [6.45, 7) is 0.842. The quantitative estimate of drug-likeness (QED) is 0.837. The highest BCUT2D eigenvalue weighted by Crippen LogP contribution is 2.27. The summed E-state index contributed by atoms with van der Waals surface area (Å²) in [6.07, 6.45) is 7.82. The van der Waals surface area contributed by atoms with Crippen LogP contribution in [0.1, 0.15) is 48.9 Å². The van der Waals surface area contributed by atoms with E-state index in [1.54, 1.807) is 0 Å². The van der Waals surface area contributed by atoms with E-state index in [-0.39, 0.29) is 11.9 Å². The molecule has 3 nitrogen and oxygen atoms in total. The molecule has 0 radical (unpaired) electrons. The summed E-state index contributed by atoms with van der Waals surface area (Å²) in [5.41, 5.74) is 0.747. The van der Waals surface area contributed by atoms with Gasteiger partial charge in [0.05, 0.1) is 0 Å². The molecule has 1 aliphatic rings. The van der Waals surface area contributed by atoms with Gasteiger partial charge in [0.1, 0.15) is 0 Å². The molecule has 0 spiro atoms. The van der Waals surface area contributed by atoms with E-state index >= 15 is 0 Å². The van der Waals surface area contributed by atoms with Gasteiger partial charge in [-0.3, -0.25) is 4.79 Å². The van der Waals surface area contributed by atoms with Crippen molar-refractivity contribution in [3.63, 3.8) is 0 Å². The first-order valence-corrected chi connectivity index (χ1v) is 7.80. The second kappa shape index (κ2) is 8.05. The molecule has 3 heteroatoms. The molecule has 0 bridgehead atoms. The Hall–Kier alpha value is -1.35. The number of nitrogens with one attached hydrogen (secondary N) is 2. The number of hydrogen-bond donors (Lipinski definition) is 2. The van der Waals surface area contributed by atoms with E-state index in [1.165, 1.54) is 32.1 Å². The molecule has 1 aliphatic carbocycles. The van der Waals surface area contributed by atoms with Gasteiger partial charge in [-0.25, -0.2) is 0 Å². The van der Waals surface area contributed by atoms with Crippen molar-refractivity contribution in [1.82, 2.24) is 10.6 Å². The third-order valence-electron chi connectivity index (χ3n) is 4.16. The number of benzene rings is 1. The van der Waals surface area contributed by atoms with Crippen molar-refractivity contribution in [1.29, 1.82) is 0 Å². The molecule has 110 valence electrons. The summed E-state index contributed by atoms with van der Waals surface area (Å²) in [7, 11) is 1.95. The van der Waals surface area contributed by atoms with Crippen LogP contribution in [0.4, 0.5) is 0 Å². The van der Waals surface area contributed by atoms with Gasteiger partial charge in [0.2, 0.25) is 0 Å². The zero-order valence-electron chi connectivity index (χ0n) is 12.4. The molecule has 1 saturated carbocycles. The van der Waals surface area contributed by atoms with Crippen LogP contribution >= 0.6 is 0 Å². The number of carbonyl (C=O) groups is 1. The normalized spacial score (nSPS) is 17.6. The monoisotopic (exact) mass is 274 g/mol. The van der Waals surface area contributed by atoms with E-state index in [0.717, 1.165) is 24.4 Å². The van der Waals surface area contributed by atoms with Crippen molar-refractivity contribution in [2.75, 3.05) is 13.6 Å².